The van der Waals surface area contributed by atoms with E-state index in [0.29, 0.717) is 0 Å². The summed E-state index contributed by atoms with van der Waals surface area (Å²) in [6, 6.07) is 25.4. The predicted molar refractivity (Wildman–Crippen MR) is 168 cm³/mol. The van der Waals surface area contributed by atoms with Crippen LogP contribution >= 0.6 is 22.7 Å². The van der Waals surface area contributed by atoms with E-state index >= 15 is 0 Å². The molecule has 4 aliphatic heterocycles. The van der Waals surface area contributed by atoms with Crippen LogP contribution in [0.4, 0.5) is 0 Å². The molecule has 220 valence electrons. The van der Waals surface area contributed by atoms with Gasteiger partial charge in [-0.15, -0.1) is 22.7 Å². The minimum absolute atomic E-state index is 0.758. The van der Waals surface area contributed by atoms with Crippen molar-refractivity contribution < 1.29 is 30.4 Å². The number of rotatable bonds is 2. The second-order valence-electron chi connectivity index (χ2n) is 11.5. The first-order chi connectivity index (χ1) is 20.2. The second kappa shape index (κ2) is 13.8. The van der Waals surface area contributed by atoms with Crippen LogP contribution in [-0.2, 0) is 9.59 Å². The lowest BCUT2D eigenvalue weighted by Crippen LogP contribution is -2.92. The number of hydrogen-bond donors (Lipinski definition) is 2. The first-order valence-corrected chi connectivity index (χ1v) is 16.3. The summed E-state index contributed by atoms with van der Waals surface area (Å²) in [5.41, 5.74) is 3.20. The summed E-state index contributed by atoms with van der Waals surface area (Å²) in [5.74, 6) is -2.17. The third-order valence-corrected chi connectivity index (χ3v) is 10.4. The molecule has 6 heterocycles. The van der Waals surface area contributed by atoms with Crippen LogP contribution in [0, 0.1) is 0 Å². The van der Waals surface area contributed by atoms with E-state index in [1.807, 2.05) is 22.7 Å². The minimum atomic E-state index is -1.08. The summed E-state index contributed by atoms with van der Waals surface area (Å²) in [6.07, 6.45) is 13.1. The lowest BCUT2D eigenvalue weighted by molar-refractivity contribution is -0.693. The van der Waals surface area contributed by atoms with Crippen molar-refractivity contribution in [3.8, 4) is 0 Å². The van der Waals surface area contributed by atoms with Crippen molar-refractivity contribution in [1.82, 2.24) is 0 Å². The highest BCUT2D eigenvalue weighted by Crippen LogP contribution is 2.36. The molecule has 2 aromatic heterocycles. The maximum atomic E-state index is 8.89. The van der Waals surface area contributed by atoms with Crippen molar-refractivity contribution in [2.75, 3.05) is 0 Å². The Hall–Kier alpha value is -3.30. The van der Waals surface area contributed by atoms with Crippen molar-refractivity contribution in [3.63, 3.8) is 0 Å². The van der Waals surface area contributed by atoms with Gasteiger partial charge in [-0.25, -0.2) is 0 Å². The van der Waals surface area contributed by atoms with E-state index in [1.165, 1.54) is 68.5 Å². The van der Waals surface area contributed by atoms with E-state index in [9.17, 15) is 0 Å². The average Bonchev–Trinajstić information content (AvgIpc) is 3.73. The van der Waals surface area contributed by atoms with Crippen molar-refractivity contribution in [2.24, 2.45) is 0 Å². The molecule has 4 aromatic rings. The fourth-order valence-electron chi connectivity index (χ4n) is 6.38. The van der Waals surface area contributed by atoms with Crippen LogP contribution < -0.4 is 20.8 Å². The summed E-state index contributed by atoms with van der Waals surface area (Å²) in [5, 5.41) is 25.7. The Morgan fingerprint density at radius 3 is 1.40 bits per heavy atom. The fraction of sp³-hybridized carbons (Fsp3) is 0.353. The fourth-order valence-corrected chi connectivity index (χ4v) is 8.57. The number of aliphatic carboxylic acids is 2. The molecule has 2 fully saturated rings. The first kappa shape index (κ1) is 30.2. The predicted octanol–water partition coefficient (Wildman–Crippen LogP) is 3.08. The molecule has 2 saturated heterocycles. The first-order valence-electron chi connectivity index (χ1n) is 14.7. The molecule has 8 rings (SSSR count). The number of hydrogen-bond acceptors (Lipinski definition) is 6. The Morgan fingerprint density at radius 1 is 0.667 bits per heavy atom. The lowest BCUT2D eigenvalue weighted by Gasteiger charge is -2.17. The molecule has 0 amide bonds. The van der Waals surface area contributed by atoms with Gasteiger partial charge in [-0.3, -0.25) is 0 Å². The van der Waals surface area contributed by atoms with Gasteiger partial charge in [0.2, 0.25) is 0 Å². The standard InChI is InChI=1S/2C15H15NS.2C2H4O2/c2*1-2-4-14-10(3-1)9-15(17-14)11-7-12-5-6-13(8-11)16-12;2*1-2(3)4/h2*1-4,7,9,12-13,16H,5-6,8H2;2*1H3,(H,3,4)/t2*12-,13+;;/m11../s1. The molecule has 0 unspecified atom stereocenters. The molecule has 0 aliphatic carbocycles. The van der Waals surface area contributed by atoms with E-state index in [4.69, 9.17) is 19.8 Å². The van der Waals surface area contributed by atoms with Gasteiger partial charge in [0.1, 0.15) is 12.1 Å². The van der Waals surface area contributed by atoms with Gasteiger partial charge in [-0.1, -0.05) is 36.4 Å². The second-order valence-corrected chi connectivity index (χ2v) is 13.6. The number of quaternary nitrogens is 2. The van der Waals surface area contributed by atoms with Crippen LogP contribution in [0.5, 0.6) is 0 Å². The van der Waals surface area contributed by atoms with Crippen LogP contribution in [0.2, 0.25) is 0 Å². The highest BCUT2D eigenvalue weighted by molar-refractivity contribution is 7.20. The molecule has 6 nitrogen and oxygen atoms in total. The molecule has 4 bridgehead atoms. The molecule has 4 atom stereocenters. The molecule has 0 radical (unpaired) electrons. The van der Waals surface area contributed by atoms with Crippen molar-refractivity contribution in [2.45, 2.75) is 76.5 Å². The van der Waals surface area contributed by atoms with Gasteiger partial charge in [0, 0.05) is 69.6 Å². The summed E-state index contributed by atoms with van der Waals surface area (Å²) in [6.45, 7) is 1.94. The van der Waals surface area contributed by atoms with Gasteiger partial charge < -0.3 is 30.4 Å². The average molecular weight is 603 g/mol. The third kappa shape index (κ3) is 7.95. The lowest BCUT2D eigenvalue weighted by atomic mass is 10.0. The smallest absolute Gasteiger partial charge is 0.106 e. The Balaban J connectivity index is 0.000000135. The van der Waals surface area contributed by atoms with E-state index < -0.39 is 11.9 Å². The van der Waals surface area contributed by atoms with Crippen LogP contribution in [0.15, 0.2) is 72.8 Å². The molecular formula is C34H38N2O4S2. The Kier molecular flexibility index (Phi) is 9.90. The van der Waals surface area contributed by atoms with Gasteiger partial charge in [0.15, 0.2) is 0 Å². The number of carboxylic acid groups (broad SMARTS) is 2. The largest absolute Gasteiger partial charge is 0.550 e. The molecular weight excluding hydrogens is 565 g/mol. The zero-order valence-electron chi connectivity index (χ0n) is 24.1. The number of carbonyl (C=O) groups is 2. The quantitative estimate of drug-likeness (QED) is 0.367. The summed E-state index contributed by atoms with van der Waals surface area (Å²) in [7, 11) is 0. The molecule has 0 spiro atoms. The number of fused-ring (bicyclic) bond motifs is 6. The highest BCUT2D eigenvalue weighted by atomic mass is 32.1. The topological polar surface area (TPSA) is 113 Å². The number of thiophene rings is 2. The van der Waals surface area contributed by atoms with E-state index in [2.05, 4.69) is 83.4 Å². The molecule has 8 heteroatoms. The SMILES string of the molecule is C1=C(c2cc3ccccc3s2)C[C@@H]2CC[C@H]1[NH2+]2.C1=C(c2cc3ccccc3s2)C[C@@H]2CC[C@H]1[NH2+]2.CC(=O)[O-].CC(=O)[O-]. The van der Waals surface area contributed by atoms with Crippen molar-refractivity contribution in [3.05, 3.63) is 82.6 Å². The van der Waals surface area contributed by atoms with Crippen LogP contribution in [0.3, 0.4) is 0 Å². The number of carbonyl (C=O) groups excluding carboxylic acids is 2. The van der Waals surface area contributed by atoms with E-state index in [1.54, 1.807) is 11.1 Å². The van der Waals surface area contributed by atoms with Gasteiger partial charge in [-0.2, -0.15) is 0 Å². The number of carboxylic acids is 2. The molecule has 4 aliphatic rings. The van der Waals surface area contributed by atoms with Gasteiger partial charge in [0.25, 0.3) is 0 Å². The van der Waals surface area contributed by atoms with Crippen molar-refractivity contribution in [1.29, 1.82) is 0 Å². The third-order valence-electron chi connectivity index (χ3n) is 8.06. The van der Waals surface area contributed by atoms with Gasteiger partial charge >= 0.3 is 0 Å². The molecule has 0 saturated carbocycles. The minimum Gasteiger partial charge on any atom is -0.550 e. The van der Waals surface area contributed by atoms with E-state index in [0.717, 1.165) is 38.0 Å². The molecule has 42 heavy (non-hydrogen) atoms. The van der Waals surface area contributed by atoms with Gasteiger partial charge in [0.05, 0.1) is 12.1 Å². The molecule has 4 N–H and O–H groups in total. The Labute approximate surface area is 254 Å². The summed E-state index contributed by atoms with van der Waals surface area (Å²) < 4.78 is 2.84. The Morgan fingerprint density at radius 2 is 1.05 bits per heavy atom. The van der Waals surface area contributed by atoms with Gasteiger partial charge in [-0.05, 0) is 72.2 Å². The van der Waals surface area contributed by atoms with E-state index in [-0.39, 0.29) is 0 Å². The van der Waals surface area contributed by atoms with Crippen LogP contribution in [0.25, 0.3) is 31.3 Å². The Bertz CT molecular complexity index is 1420. The maximum Gasteiger partial charge on any atom is 0.106 e. The normalized spacial score (nSPS) is 23.4. The summed E-state index contributed by atoms with van der Waals surface area (Å²) >= 11 is 3.91. The summed E-state index contributed by atoms with van der Waals surface area (Å²) in [4.78, 5) is 20.8. The number of nitrogens with two attached hydrogens (primary N) is 2. The number of benzene rings is 2. The van der Waals surface area contributed by atoms with Crippen molar-refractivity contribution >= 4 is 65.9 Å². The highest BCUT2D eigenvalue weighted by Gasteiger charge is 2.33. The van der Waals surface area contributed by atoms with Crippen LogP contribution in [0.1, 0.15) is 62.1 Å². The zero-order chi connectivity index (χ0) is 29.6. The zero-order valence-corrected chi connectivity index (χ0v) is 25.7. The maximum absolute atomic E-state index is 8.89. The van der Waals surface area contributed by atoms with Crippen LogP contribution in [-0.4, -0.2) is 36.1 Å². The monoisotopic (exact) mass is 602 g/mol. The molecule has 2 aromatic carbocycles.